The van der Waals surface area contributed by atoms with Gasteiger partial charge in [0.2, 0.25) is 5.76 Å². The minimum absolute atomic E-state index is 0.0938. The summed E-state index contributed by atoms with van der Waals surface area (Å²) in [5.74, 6) is 0.189. The average molecular weight is 289 g/mol. The number of hydrogen-bond donors (Lipinski definition) is 1. The van der Waals surface area contributed by atoms with Crippen LogP contribution in [0.25, 0.3) is 0 Å². The van der Waals surface area contributed by atoms with Gasteiger partial charge in [0.15, 0.2) is 0 Å². The topological polar surface area (TPSA) is 59.5 Å². The third kappa shape index (κ3) is 3.09. The van der Waals surface area contributed by atoms with Crippen LogP contribution in [0.1, 0.15) is 24.4 Å². The highest BCUT2D eigenvalue weighted by molar-refractivity contribution is 9.10. The van der Waals surface area contributed by atoms with E-state index in [-0.39, 0.29) is 11.3 Å². The number of nitrogens with two attached hydrogens (primary N) is 1. The van der Waals surface area contributed by atoms with Crippen molar-refractivity contribution in [3.8, 4) is 0 Å². The van der Waals surface area contributed by atoms with Crippen molar-refractivity contribution in [2.75, 3.05) is 20.1 Å². The van der Waals surface area contributed by atoms with E-state index in [0.717, 1.165) is 0 Å². The van der Waals surface area contributed by atoms with E-state index in [1.54, 1.807) is 18.0 Å². The lowest BCUT2D eigenvalue weighted by Gasteiger charge is -2.28. The molecule has 90 valence electrons. The lowest BCUT2D eigenvalue weighted by Crippen LogP contribution is -2.39. The number of hydrogen-bond acceptors (Lipinski definition) is 3. The summed E-state index contributed by atoms with van der Waals surface area (Å²) in [6.07, 6.45) is 1.49. The van der Waals surface area contributed by atoms with Gasteiger partial charge >= 0.3 is 0 Å². The molecule has 1 heterocycles. The summed E-state index contributed by atoms with van der Waals surface area (Å²) in [5, 5.41) is 0. The summed E-state index contributed by atoms with van der Waals surface area (Å²) >= 11 is 3.27. The van der Waals surface area contributed by atoms with Gasteiger partial charge in [-0.1, -0.05) is 13.8 Å². The molecule has 0 aliphatic rings. The molecule has 0 bridgehead atoms. The monoisotopic (exact) mass is 288 g/mol. The molecule has 0 radical (unpaired) electrons. The fraction of sp³-hybridized carbons (Fsp3) is 0.545. The van der Waals surface area contributed by atoms with Gasteiger partial charge < -0.3 is 15.1 Å². The van der Waals surface area contributed by atoms with Gasteiger partial charge in [-0.2, -0.15) is 0 Å². The SMILES string of the molecule is CN(CC(C)(C)CN)C(=O)c1occc1Br. The third-order valence-corrected chi connectivity index (χ3v) is 3.00. The zero-order valence-electron chi connectivity index (χ0n) is 9.79. The fourth-order valence-electron chi connectivity index (χ4n) is 1.40. The maximum Gasteiger partial charge on any atom is 0.290 e. The maximum absolute atomic E-state index is 12.0. The summed E-state index contributed by atoms with van der Waals surface area (Å²) < 4.78 is 5.80. The summed E-state index contributed by atoms with van der Waals surface area (Å²) in [6, 6.07) is 1.70. The summed E-state index contributed by atoms with van der Waals surface area (Å²) in [7, 11) is 1.74. The second kappa shape index (κ2) is 5.01. The van der Waals surface area contributed by atoms with E-state index in [0.29, 0.717) is 23.3 Å². The molecule has 0 aromatic carbocycles. The standard InChI is InChI=1S/C11H17BrN2O2/c1-11(2,6-13)7-14(3)10(15)9-8(12)4-5-16-9/h4-5H,6-7,13H2,1-3H3. The van der Waals surface area contributed by atoms with Crippen LogP contribution in [0.4, 0.5) is 0 Å². The Balaban J connectivity index is 2.73. The molecule has 4 nitrogen and oxygen atoms in total. The molecule has 0 aliphatic heterocycles. The largest absolute Gasteiger partial charge is 0.458 e. The Morgan fingerprint density at radius 1 is 1.62 bits per heavy atom. The zero-order chi connectivity index (χ0) is 12.3. The molecular formula is C11H17BrN2O2. The van der Waals surface area contributed by atoms with Crippen molar-refractivity contribution in [2.24, 2.45) is 11.1 Å². The molecule has 1 amide bonds. The molecule has 5 heteroatoms. The third-order valence-electron chi connectivity index (χ3n) is 2.38. The second-order valence-electron chi connectivity index (χ2n) is 4.63. The minimum atomic E-state index is -0.140. The first-order valence-corrected chi connectivity index (χ1v) is 5.85. The Morgan fingerprint density at radius 3 is 2.69 bits per heavy atom. The number of carbonyl (C=O) groups excluding carboxylic acids is 1. The van der Waals surface area contributed by atoms with E-state index in [4.69, 9.17) is 10.2 Å². The van der Waals surface area contributed by atoms with Crippen LogP contribution in [-0.2, 0) is 0 Å². The highest BCUT2D eigenvalue weighted by Gasteiger charge is 2.24. The van der Waals surface area contributed by atoms with Crippen molar-refractivity contribution in [1.82, 2.24) is 4.90 Å². The second-order valence-corrected chi connectivity index (χ2v) is 5.48. The average Bonchev–Trinajstić information content (AvgIpc) is 2.62. The van der Waals surface area contributed by atoms with E-state index in [1.165, 1.54) is 6.26 Å². The molecule has 1 aromatic rings. The van der Waals surface area contributed by atoms with Crippen LogP contribution in [0.3, 0.4) is 0 Å². The molecular weight excluding hydrogens is 272 g/mol. The van der Waals surface area contributed by atoms with Crippen molar-refractivity contribution < 1.29 is 9.21 Å². The van der Waals surface area contributed by atoms with Crippen molar-refractivity contribution in [1.29, 1.82) is 0 Å². The quantitative estimate of drug-likeness (QED) is 0.923. The minimum Gasteiger partial charge on any atom is -0.458 e. The normalized spacial score (nSPS) is 11.6. The first kappa shape index (κ1) is 13.3. The maximum atomic E-state index is 12.0. The van der Waals surface area contributed by atoms with Gasteiger partial charge in [-0.15, -0.1) is 0 Å². The molecule has 0 fully saturated rings. The molecule has 0 saturated carbocycles. The smallest absolute Gasteiger partial charge is 0.290 e. The van der Waals surface area contributed by atoms with Crippen LogP contribution in [0.2, 0.25) is 0 Å². The van der Waals surface area contributed by atoms with Crippen molar-refractivity contribution >= 4 is 21.8 Å². The predicted octanol–water partition coefficient (Wildman–Crippen LogP) is 2.10. The first-order valence-electron chi connectivity index (χ1n) is 5.06. The van der Waals surface area contributed by atoms with Gasteiger partial charge in [0.1, 0.15) is 0 Å². The zero-order valence-corrected chi connectivity index (χ0v) is 11.4. The molecule has 0 atom stereocenters. The number of amides is 1. The molecule has 16 heavy (non-hydrogen) atoms. The molecule has 0 unspecified atom stereocenters. The van der Waals surface area contributed by atoms with Crippen LogP contribution < -0.4 is 5.73 Å². The molecule has 0 aliphatic carbocycles. The van der Waals surface area contributed by atoms with Crippen molar-refractivity contribution in [3.63, 3.8) is 0 Å². The summed E-state index contributed by atoms with van der Waals surface area (Å²) in [5.41, 5.74) is 5.54. The number of halogens is 1. The molecule has 0 saturated heterocycles. The highest BCUT2D eigenvalue weighted by Crippen LogP contribution is 2.21. The highest BCUT2D eigenvalue weighted by atomic mass is 79.9. The lowest BCUT2D eigenvalue weighted by atomic mass is 9.93. The van der Waals surface area contributed by atoms with Gasteiger partial charge in [0.25, 0.3) is 5.91 Å². The van der Waals surface area contributed by atoms with E-state index >= 15 is 0 Å². The van der Waals surface area contributed by atoms with E-state index in [9.17, 15) is 4.79 Å². The lowest BCUT2D eigenvalue weighted by molar-refractivity contribution is 0.0708. The van der Waals surface area contributed by atoms with E-state index in [2.05, 4.69) is 15.9 Å². The van der Waals surface area contributed by atoms with Crippen LogP contribution in [-0.4, -0.2) is 30.9 Å². The number of furan rings is 1. The number of carbonyl (C=O) groups is 1. The Bertz CT molecular complexity index is 374. The number of nitrogens with zero attached hydrogens (tertiary/aromatic N) is 1. The van der Waals surface area contributed by atoms with Crippen LogP contribution in [0, 0.1) is 5.41 Å². The van der Waals surface area contributed by atoms with Gasteiger partial charge in [-0.25, -0.2) is 0 Å². The van der Waals surface area contributed by atoms with Crippen molar-refractivity contribution in [2.45, 2.75) is 13.8 Å². The van der Waals surface area contributed by atoms with Gasteiger partial charge in [0.05, 0.1) is 10.7 Å². The van der Waals surface area contributed by atoms with Gasteiger partial charge in [0, 0.05) is 13.6 Å². The molecule has 2 N–H and O–H groups in total. The van der Waals surface area contributed by atoms with Gasteiger partial charge in [-0.3, -0.25) is 4.79 Å². The van der Waals surface area contributed by atoms with Crippen LogP contribution >= 0.6 is 15.9 Å². The predicted molar refractivity (Wildman–Crippen MR) is 66.2 cm³/mol. The van der Waals surface area contributed by atoms with E-state index in [1.807, 2.05) is 13.8 Å². The molecule has 1 rings (SSSR count). The first-order chi connectivity index (χ1) is 7.37. The van der Waals surface area contributed by atoms with E-state index < -0.39 is 0 Å². The Labute approximate surface area is 104 Å². The van der Waals surface area contributed by atoms with Gasteiger partial charge in [-0.05, 0) is 34.0 Å². The summed E-state index contributed by atoms with van der Waals surface area (Å²) in [4.78, 5) is 13.6. The van der Waals surface area contributed by atoms with Crippen LogP contribution in [0.5, 0.6) is 0 Å². The Morgan fingerprint density at radius 2 is 2.25 bits per heavy atom. The summed E-state index contributed by atoms with van der Waals surface area (Å²) in [6.45, 7) is 5.17. The Kier molecular flexibility index (Phi) is 4.15. The van der Waals surface area contributed by atoms with Crippen molar-refractivity contribution in [3.05, 3.63) is 22.6 Å². The molecule has 0 spiro atoms. The molecule has 1 aromatic heterocycles. The number of rotatable bonds is 4. The fourth-order valence-corrected chi connectivity index (χ4v) is 1.77. The Hall–Kier alpha value is -0.810. The van der Waals surface area contributed by atoms with Crippen LogP contribution in [0.15, 0.2) is 21.2 Å².